The molecule has 1 heterocycles. The molecule has 2 aliphatic rings. The van der Waals surface area contributed by atoms with Crippen LogP contribution in [0, 0.1) is 12.8 Å². The molecule has 1 aliphatic carbocycles. The fraction of sp³-hybridized carbons (Fsp3) is 0.481. The second-order valence-corrected chi connectivity index (χ2v) is 11.2. The largest absolute Gasteiger partial charge is 0.337 e. The third kappa shape index (κ3) is 6.70. The summed E-state index contributed by atoms with van der Waals surface area (Å²) in [7, 11) is -3.85. The molecule has 1 saturated heterocycles. The van der Waals surface area contributed by atoms with Crippen LogP contribution in [0.2, 0.25) is 0 Å². The smallest absolute Gasteiger partial charge is 0.264 e. The fourth-order valence-electron chi connectivity index (χ4n) is 4.78. The van der Waals surface area contributed by atoms with Gasteiger partial charge in [0.25, 0.3) is 15.9 Å². The summed E-state index contributed by atoms with van der Waals surface area (Å²) in [6, 6.07) is 11.9. The number of aryl methyl sites for hydroxylation is 1. The molecule has 7 nitrogen and oxygen atoms in total. The first-order chi connectivity index (χ1) is 16.9. The lowest BCUT2D eigenvalue weighted by atomic mass is 10.0. The second-order valence-electron chi connectivity index (χ2n) is 9.53. The number of carbonyl (C=O) groups is 1. The molecule has 2 fully saturated rings. The summed E-state index contributed by atoms with van der Waals surface area (Å²) in [6.07, 6.45) is 10.0. The number of rotatable bonds is 6. The Morgan fingerprint density at radius 1 is 1.00 bits per heavy atom. The molecule has 188 valence electrons. The van der Waals surface area contributed by atoms with Crippen LogP contribution in [0.1, 0.15) is 60.9 Å². The van der Waals surface area contributed by atoms with Crippen LogP contribution in [0.3, 0.4) is 0 Å². The first kappa shape index (κ1) is 25.4. The van der Waals surface area contributed by atoms with Gasteiger partial charge in [-0.2, -0.15) is 0 Å². The Labute approximate surface area is 209 Å². The number of nitrogens with one attached hydrogen (secondary N) is 2. The zero-order valence-corrected chi connectivity index (χ0v) is 21.3. The SMILES string of the molecule is Cc1cccc(S(=O)(=O)Nc2ccc(C(=O)N3CCCNCC3)cc2)c1/N=C\C1CCCCCC1. The molecular formula is C27H36N4O3S. The highest BCUT2D eigenvalue weighted by Gasteiger charge is 2.21. The number of nitrogens with zero attached hydrogens (tertiary/aromatic N) is 2. The topological polar surface area (TPSA) is 90.9 Å². The van der Waals surface area contributed by atoms with Gasteiger partial charge in [0.05, 0.1) is 5.69 Å². The van der Waals surface area contributed by atoms with Gasteiger partial charge in [-0.05, 0) is 74.5 Å². The normalized spacial score (nSPS) is 18.3. The van der Waals surface area contributed by atoms with Gasteiger partial charge >= 0.3 is 0 Å². The minimum absolute atomic E-state index is 0.0306. The van der Waals surface area contributed by atoms with Crippen LogP contribution in [0.15, 0.2) is 52.4 Å². The van der Waals surface area contributed by atoms with Gasteiger partial charge in [0, 0.05) is 37.1 Å². The zero-order chi connectivity index (χ0) is 24.7. The lowest BCUT2D eigenvalue weighted by Crippen LogP contribution is -2.34. The molecule has 2 aromatic carbocycles. The Morgan fingerprint density at radius 3 is 2.49 bits per heavy atom. The molecule has 0 spiro atoms. The molecule has 4 rings (SSSR count). The Balaban J connectivity index is 1.50. The van der Waals surface area contributed by atoms with Crippen molar-refractivity contribution in [3.8, 4) is 0 Å². The molecule has 0 aromatic heterocycles. The van der Waals surface area contributed by atoms with Crippen LogP contribution >= 0.6 is 0 Å². The number of benzene rings is 2. The van der Waals surface area contributed by atoms with E-state index in [4.69, 9.17) is 0 Å². The third-order valence-corrected chi connectivity index (χ3v) is 8.23. The Bertz CT molecular complexity index is 1130. The first-order valence-electron chi connectivity index (χ1n) is 12.7. The fourth-order valence-corrected chi connectivity index (χ4v) is 6.06. The number of para-hydroxylation sites is 1. The highest BCUT2D eigenvalue weighted by molar-refractivity contribution is 7.92. The number of aliphatic imine (C=N–C) groups is 1. The van der Waals surface area contributed by atoms with Crippen molar-refractivity contribution in [3.63, 3.8) is 0 Å². The van der Waals surface area contributed by atoms with Gasteiger partial charge in [0.15, 0.2) is 0 Å². The predicted octanol–water partition coefficient (Wildman–Crippen LogP) is 4.90. The van der Waals surface area contributed by atoms with Crippen molar-refractivity contribution in [2.24, 2.45) is 10.9 Å². The maximum atomic E-state index is 13.3. The van der Waals surface area contributed by atoms with Crippen LogP contribution in [-0.2, 0) is 10.0 Å². The van der Waals surface area contributed by atoms with Crippen molar-refractivity contribution in [2.75, 3.05) is 30.9 Å². The lowest BCUT2D eigenvalue weighted by molar-refractivity contribution is 0.0766. The molecule has 0 radical (unpaired) electrons. The number of sulfonamides is 1. The Hall–Kier alpha value is -2.71. The van der Waals surface area contributed by atoms with Gasteiger partial charge in [-0.1, -0.05) is 37.8 Å². The number of amides is 1. The number of hydrogen-bond donors (Lipinski definition) is 2. The number of hydrogen-bond acceptors (Lipinski definition) is 5. The minimum Gasteiger partial charge on any atom is -0.337 e. The van der Waals surface area contributed by atoms with Gasteiger partial charge < -0.3 is 10.2 Å². The van der Waals surface area contributed by atoms with E-state index in [1.807, 2.05) is 24.1 Å². The van der Waals surface area contributed by atoms with E-state index in [-0.39, 0.29) is 10.8 Å². The van der Waals surface area contributed by atoms with Crippen LogP contribution in [0.5, 0.6) is 0 Å². The summed E-state index contributed by atoms with van der Waals surface area (Å²) >= 11 is 0. The third-order valence-electron chi connectivity index (χ3n) is 6.82. The monoisotopic (exact) mass is 496 g/mol. The van der Waals surface area contributed by atoms with Gasteiger partial charge in [-0.15, -0.1) is 0 Å². The van der Waals surface area contributed by atoms with E-state index in [1.165, 1.54) is 25.7 Å². The molecule has 2 N–H and O–H groups in total. The summed E-state index contributed by atoms with van der Waals surface area (Å²) in [5.74, 6) is 0.364. The summed E-state index contributed by atoms with van der Waals surface area (Å²) in [6.45, 7) is 4.97. The first-order valence-corrected chi connectivity index (χ1v) is 14.2. The van der Waals surface area contributed by atoms with E-state index in [2.05, 4.69) is 15.0 Å². The maximum Gasteiger partial charge on any atom is 0.264 e. The van der Waals surface area contributed by atoms with Crippen LogP contribution in [0.4, 0.5) is 11.4 Å². The molecule has 1 aliphatic heterocycles. The molecule has 0 atom stereocenters. The minimum atomic E-state index is -3.85. The summed E-state index contributed by atoms with van der Waals surface area (Å²) in [4.78, 5) is 19.5. The molecule has 0 bridgehead atoms. The van der Waals surface area contributed by atoms with Gasteiger partial charge in [0.1, 0.15) is 4.90 Å². The van der Waals surface area contributed by atoms with Crippen molar-refractivity contribution < 1.29 is 13.2 Å². The maximum absolute atomic E-state index is 13.3. The number of anilines is 1. The van der Waals surface area contributed by atoms with Crippen LogP contribution < -0.4 is 10.0 Å². The van der Waals surface area contributed by atoms with Crippen molar-refractivity contribution >= 4 is 33.5 Å². The average molecular weight is 497 g/mol. The Morgan fingerprint density at radius 2 is 1.74 bits per heavy atom. The van der Waals surface area contributed by atoms with Crippen molar-refractivity contribution in [2.45, 2.75) is 56.8 Å². The van der Waals surface area contributed by atoms with Gasteiger partial charge in [-0.25, -0.2) is 8.42 Å². The summed E-state index contributed by atoms with van der Waals surface area (Å²) < 4.78 is 29.3. The molecule has 2 aromatic rings. The quantitative estimate of drug-likeness (QED) is 0.439. The molecule has 1 amide bonds. The van der Waals surface area contributed by atoms with Gasteiger partial charge in [-0.3, -0.25) is 14.5 Å². The Kier molecular flexibility index (Phi) is 8.57. The highest BCUT2D eigenvalue weighted by atomic mass is 32.2. The van der Waals surface area contributed by atoms with E-state index >= 15 is 0 Å². The summed E-state index contributed by atoms with van der Waals surface area (Å²) in [5, 5.41) is 3.29. The standard InChI is InChI=1S/C27H36N4O3S/c1-21-8-6-11-25(26(21)29-20-22-9-4-2-3-5-10-22)35(33,34)30-24-14-12-23(13-15-24)27(32)31-18-7-16-28-17-19-31/h6,8,11-15,20,22,28,30H,2-5,7,9-10,16-19H2,1H3/b29-20-. The van der Waals surface area contributed by atoms with Crippen molar-refractivity contribution in [1.29, 1.82) is 0 Å². The van der Waals surface area contributed by atoms with Crippen LogP contribution in [-0.4, -0.2) is 51.6 Å². The van der Waals surface area contributed by atoms with Crippen LogP contribution in [0.25, 0.3) is 0 Å². The van der Waals surface area contributed by atoms with Gasteiger partial charge in [0.2, 0.25) is 0 Å². The molecule has 0 unspecified atom stereocenters. The lowest BCUT2D eigenvalue weighted by Gasteiger charge is -2.20. The van der Waals surface area contributed by atoms with Crippen molar-refractivity contribution in [3.05, 3.63) is 53.6 Å². The average Bonchev–Trinajstić information content (AvgIpc) is 3.28. The van der Waals surface area contributed by atoms with E-state index in [0.717, 1.165) is 44.5 Å². The molecule has 1 saturated carbocycles. The zero-order valence-electron chi connectivity index (χ0n) is 20.5. The predicted molar refractivity (Wildman–Crippen MR) is 141 cm³/mol. The van der Waals surface area contributed by atoms with E-state index in [0.29, 0.717) is 29.4 Å². The van der Waals surface area contributed by atoms with E-state index in [1.54, 1.807) is 36.4 Å². The molecule has 35 heavy (non-hydrogen) atoms. The molecular weight excluding hydrogens is 460 g/mol. The highest BCUT2D eigenvalue weighted by Crippen LogP contribution is 2.31. The second kappa shape index (κ2) is 11.8. The number of carbonyl (C=O) groups excluding carboxylic acids is 1. The summed E-state index contributed by atoms with van der Waals surface area (Å²) in [5.41, 5.74) is 2.29. The van der Waals surface area contributed by atoms with E-state index in [9.17, 15) is 13.2 Å². The molecule has 8 heteroatoms. The van der Waals surface area contributed by atoms with E-state index < -0.39 is 10.0 Å². The van der Waals surface area contributed by atoms with Crippen molar-refractivity contribution in [1.82, 2.24) is 10.2 Å².